The molecule has 0 bridgehead atoms. The molecule has 2 heterocycles. The van der Waals surface area contributed by atoms with Gasteiger partial charge in [-0.1, -0.05) is 0 Å². The lowest BCUT2D eigenvalue weighted by Gasteiger charge is -2.58. The molecule has 0 aromatic carbocycles. The zero-order valence-corrected chi connectivity index (χ0v) is 15.2. The summed E-state index contributed by atoms with van der Waals surface area (Å²) in [6.07, 6.45) is -1.64. The second-order valence-corrected chi connectivity index (χ2v) is 8.10. The molecule has 3 fully saturated rings. The van der Waals surface area contributed by atoms with Gasteiger partial charge in [-0.3, -0.25) is 4.79 Å². The predicted molar refractivity (Wildman–Crippen MR) is 89.2 cm³/mol. The van der Waals surface area contributed by atoms with Crippen molar-refractivity contribution in [3.8, 4) is 0 Å². The number of ketones is 1. The van der Waals surface area contributed by atoms with Crippen molar-refractivity contribution in [1.82, 2.24) is 4.90 Å². The summed E-state index contributed by atoms with van der Waals surface area (Å²) >= 11 is 6.32. The molecule has 5 nitrogen and oxygen atoms in total. The first kappa shape index (κ1) is 18.2. The van der Waals surface area contributed by atoms with E-state index in [4.69, 9.17) is 21.1 Å². The van der Waals surface area contributed by atoms with Gasteiger partial charge in [-0.25, -0.2) is 13.6 Å². The Bertz CT molecular complexity index is 645. The van der Waals surface area contributed by atoms with Crippen LogP contribution in [0.1, 0.15) is 32.6 Å². The van der Waals surface area contributed by atoms with Gasteiger partial charge in [0.05, 0.1) is 24.8 Å². The van der Waals surface area contributed by atoms with Crippen LogP contribution in [0.2, 0.25) is 0 Å². The van der Waals surface area contributed by atoms with Crippen LogP contribution in [-0.2, 0) is 19.1 Å². The number of hydrogen-bond donors (Lipinski definition) is 0. The van der Waals surface area contributed by atoms with E-state index in [2.05, 4.69) is 0 Å². The van der Waals surface area contributed by atoms with Crippen LogP contribution >= 0.6 is 11.6 Å². The van der Waals surface area contributed by atoms with E-state index in [1.165, 1.54) is 6.20 Å². The standard InChI is InChI=1S/C18H22ClF2NO4/c1-2-25-18(24)10-7-22-12-5-8(19)3-4-13(12)26-17-14(21)11(20)6-9(15(17)22)16(10)23/h7-9,11-15,17H,2-6H2,1H3. The molecule has 2 saturated carbocycles. The summed E-state index contributed by atoms with van der Waals surface area (Å²) in [5, 5.41) is -0.0504. The van der Waals surface area contributed by atoms with Crippen molar-refractivity contribution >= 4 is 23.4 Å². The molecule has 8 heteroatoms. The number of esters is 1. The van der Waals surface area contributed by atoms with Crippen molar-refractivity contribution in [3.05, 3.63) is 11.8 Å². The fourth-order valence-electron chi connectivity index (χ4n) is 4.85. The zero-order valence-electron chi connectivity index (χ0n) is 14.4. The number of halogens is 3. The van der Waals surface area contributed by atoms with E-state index in [1.807, 2.05) is 4.90 Å². The molecule has 1 saturated heterocycles. The minimum Gasteiger partial charge on any atom is -0.462 e. The number of nitrogens with zero attached hydrogens (tertiary/aromatic N) is 1. The maximum atomic E-state index is 14.6. The largest absolute Gasteiger partial charge is 0.462 e. The van der Waals surface area contributed by atoms with Crippen LogP contribution in [0.25, 0.3) is 0 Å². The maximum absolute atomic E-state index is 14.6. The van der Waals surface area contributed by atoms with Crippen molar-refractivity contribution in [3.63, 3.8) is 0 Å². The number of Topliss-reactive ketones (excluding diaryl/α,β-unsaturated/α-hetero) is 1. The highest BCUT2D eigenvalue weighted by molar-refractivity contribution is 6.20. The van der Waals surface area contributed by atoms with Crippen LogP contribution in [-0.4, -0.2) is 65.3 Å². The molecule has 2 aliphatic heterocycles. The second-order valence-electron chi connectivity index (χ2n) is 7.48. The highest BCUT2D eigenvalue weighted by atomic mass is 35.5. The van der Waals surface area contributed by atoms with E-state index in [-0.39, 0.29) is 36.1 Å². The van der Waals surface area contributed by atoms with Gasteiger partial charge in [-0.2, -0.15) is 0 Å². The first-order valence-corrected chi connectivity index (χ1v) is 9.64. The number of carbonyl (C=O) groups excluding carboxylic acids is 2. The minimum absolute atomic E-state index is 0.0504. The summed E-state index contributed by atoms with van der Waals surface area (Å²) in [6, 6.07) is -0.762. The topological polar surface area (TPSA) is 55.8 Å². The molecule has 0 aromatic rings. The van der Waals surface area contributed by atoms with Gasteiger partial charge in [-0.15, -0.1) is 11.6 Å². The SMILES string of the molecule is CCOC(=O)C1=CN2C3CC(Cl)CCC3OC3C(F)C(F)CC(C1=O)C32. The van der Waals surface area contributed by atoms with E-state index >= 15 is 0 Å². The lowest BCUT2D eigenvalue weighted by atomic mass is 9.71. The van der Waals surface area contributed by atoms with Gasteiger partial charge in [0.1, 0.15) is 17.8 Å². The van der Waals surface area contributed by atoms with Crippen LogP contribution in [0.4, 0.5) is 8.78 Å². The van der Waals surface area contributed by atoms with Crippen molar-refractivity contribution in [2.45, 2.75) is 74.6 Å². The van der Waals surface area contributed by atoms with E-state index < -0.39 is 42.2 Å². The Labute approximate surface area is 155 Å². The molecule has 0 N–H and O–H groups in total. The van der Waals surface area contributed by atoms with Gasteiger partial charge in [0.15, 0.2) is 12.0 Å². The third-order valence-electron chi connectivity index (χ3n) is 6.01. The number of ether oxygens (including phenoxy) is 2. The summed E-state index contributed by atoms with van der Waals surface area (Å²) < 4.78 is 39.8. The van der Waals surface area contributed by atoms with Gasteiger partial charge >= 0.3 is 5.97 Å². The average Bonchev–Trinajstić information content (AvgIpc) is 2.61. The maximum Gasteiger partial charge on any atom is 0.343 e. The van der Waals surface area contributed by atoms with Crippen molar-refractivity contribution in [2.24, 2.45) is 5.92 Å². The van der Waals surface area contributed by atoms with Crippen molar-refractivity contribution in [2.75, 3.05) is 6.61 Å². The fourth-order valence-corrected chi connectivity index (χ4v) is 5.16. The average molecular weight is 390 g/mol. The Kier molecular flexibility index (Phi) is 4.72. The normalized spacial score (nSPS) is 44.7. The molecule has 4 rings (SSSR count). The molecule has 0 spiro atoms. The zero-order chi connectivity index (χ0) is 18.6. The monoisotopic (exact) mass is 389 g/mol. The molecular formula is C18H22ClF2NO4. The Morgan fingerprint density at radius 1 is 1.38 bits per heavy atom. The lowest BCUT2D eigenvalue weighted by molar-refractivity contribution is -0.209. The summed E-state index contributed by atoms with van der Waals surface area (Å²) in [6.45, 7) is 1.79. The van der Waals surface area contributed by atoms with Crippen LogP contribution in [0, 0.1) is 5.92 Å². The van der Waals surface area contributed by atoms with Crippen LogP contribution in [0.5, 0.6) is 0 Å². The number of fused-ring (bicyclic) bond motifs is 2. The molecule has 144 valence electrons. The number of rotatable bonds is 2. The quantitative estimate of drug-likeness (QED) is 0.412. The molecule has 8 atom stereocenters. The number of hydrogen-bond acceptors (Lipinski definition) is 5. The van der Waals surface area contributed by atoms with Crippen LogP contribution in [0.3, 0.4) is 0 Å². The van der Waals surface area contributed by atoms with Gasteiger partial charge in [0.2, 0.25) is 0 Å². The molecule has 0 aromatic heterocycles. The Hall–Kier alpha value is -1.21. The molecule has 0 radical (unpaired) electrons. The Balaban J connectivity index is 1.75. The summed E-state index contributed by atoms with van der Waals surface area (Å²) in [5.41, 5.74) is -0.0892. The van der Waals surface area contributed by atoms with Gasteiger partial charge in [0.25, 0.3) is 0 Å². The first-order valence-electron chi connectivity index (χ1n) is 9.20. The van der Waals surface area contributed by atoms with Crippen LogP contribution < -0.4 is 0 Å². The molecule has 0 amide bonds. The van der Waals surface area contributed by atoms with Crippen LogP contribution in [0.15, 0.2) is 11.8 Å². The molecular weight excluding hydrogens is 368 g/mol. The summed E-state index contributed by atoms with van der Waals surface area (Å²) in [7, 11) is 0. The second kappa shape index (κ2) is 6.75. The summed E-state index contributed by atoms with van der Waals surface area (Å²) in [5.74, 6) is -2.01. The molecule has 4 aliphatic rings. The number of alkyl halides is 3. The third-order valence-corrected chi connectivity index (χ3v) is 6.41. The molecule has 2 aliphatic carbocycles. The Morgan fingerprint density at radius 2 is 2.15 bits per heavy atom. The number of carbonyl (C=O) groups is 2. The van der Waals surface area contributed by atoms with Gasteiger partial charge < -0.3 is 14.4 Å². The van der Waals surface area contributed by atoms with E-state index in [1.54, 1.807) is 6.92 Å². The molecule has 8 unspecified atom stereocenters. The summed E-state index contributed by atoms with van der Waals surface area (Å²) in [4.78, 5) is 26.9. The third kappa shape index (κ3) is 2.74. The van der Waals surface area contributed by atoms with E-state index in [0.29, 0.717) is 12.8 Å². The smallest absolute Gasteiger partial charge is 0.343 e. The number of morpholine rings is 1. The first-order chi connectivity index (χ1) is 12.4. The minimum atomic E-state index is -1.78. The van der Waals surface area contributed by atoms with E-state index in [9.17, 15) is 18.4 Å². The van der Waals surface area contributed by atoms with E-state index in [0.717, 1.165) is 6.42 Å². The highest BCUT2D eigenvalue weighted by Crippen LogP contribution is 2.46. The highest BCUT2D eigenvalue weighted by Gasteiger charge is 2.59. The van der Waals surface area contributed by atoms with Crippen molar-refractivity contribution in [1.29, 1.82) is 0 Å². The Morgan fingerprint density at radius 3 is 2.88 bits per heavy atom. The van der Waals surface area contributed by atoms with Gasteiger partial charge in [0, 0.05) is 17.5 Å². The van der Waals surface area contributed by atoms with Gasteiger partial charge in [-0.05, 0) is 32.6 Å². The fraction of sp³-hybridized carbons (Fsp3) is 0.778. The molecule has 26 heavy (non-hydrogen) atoms. The lowest BCUT2D eigenvalue weighted by Crippen LogP contribution is -2.70. The predicted octanol–water partition coefficient (Wildman–Crippen LogP) is 2.31. The van der Waals surface area contributed by atoms with Crippen molar-refractivity contribution < 1.29 is 27.8 Å².